The van der Waals surface area contributed by atoms with Crippen molar-refractivity contribution in [2.24, 2.45) is 7.05 Å². The molecule has 4 rings (SSSR count). The summed E-state index contributed by atoms with van der Waals surface area (Å²) in [4.78, 5) is 18.3. The number of hydrogen-bond acceptors (Lipinski definition) is 6. The SMILES string of the molecule is CN(C1CCN(c2ccccn2)CC1)S(=O)(=O)c1ccc2c(c1)oc(=O)n2C. The average molecular weight is 402 g/mol. The summed E-state index contributed by atoms with van der Waals surface area (Å²) >= 11 is 0. The molecular formula is C19H22N4O4S. The summed E-state index contributed by atoms with van der Waals surface area (Å²) < 4.78 is 34.1. The third-order valence-corrected chi connectivity index (χ3v) is 7.30. The monoisotopic (exact) mass is 402 g/mol. The highest BCUT2D eigenvalue weighted by Gasteiger charge is 2.31. The van der Waals surface area contributed by atoms with Gasteiger partial charge in [-0.15, -0.1) is 0 Å². The van der Waals surface area contributed by atoms with E-state index in [2.05, 4.69) is 9.88 Å². The normalized spacial score (nSPS) is 16.2. The highest BCUT2D eigenvalue weighted by molar-refractivity contribution is 7.89. The smallest absolute Gasteiger partial charge is 0.408 e. The van der Waals surface area contributed by atoms with E-state index in [9.17, 15) is 13.2 Å². The quantitative estimate of drug-likeness (QED) is 0.661. The predicted octanol–water partition coefficient (Wildman–Crippen LogP) is 1.82. The molecule has 3 aromatic rings. The zero-order valence-electron chi connectivity index (χ0n) is 15.8. The minimum atomic E-state index is -3.69. The maximum Gasteiger partial charge on any atom is 0.419 e. The Kier molecular flexibility index (Phi) is 4.72. The highest BCUT2D eigenvalue weighted by Crippen LogP contribution is 2.26. The first kappa shape index (κ1) is 18.7. The first-order valence-electron chi connectivity index (χ1n) is 9.11. The number of oxazole rings is 1. The van der Waals surface area contributed by atoms with Gasteiger partial charge in [-0.25, -0.2) is 18.2 Å². The average Bonchev–Trinajstić information content (AvgIpc) is 3.01. The Hall–Kier alpha value is -2.65. The van der Waals surface area contributed by atoms with Gasteiger partial charge in [0, 0.05) is 45.5 Å². The molecule has 0 amide bonds. The Labute approximate surface area is 163 Å². The first-order chi connectivity index (χ1) is 13.4. The Morgan fingerprint density at radius 1 is 1.18 bits per heavy atom. The van der Waals surface area contributed by atoms with Gasteiger partial charge in [0.05, 0.1) is 10.4 Å². The number of hydrogen-bond donors (Lipinski definition) is 0. The Balaban J connectivity index is 1.53. The van der Waals surface area contributed by atoms with Crippen LogP contribution in [-0.4, -0.2) is 48.5 Å². The Bertz CT molecular complexity index is 1150. The van der Waals surface area contributed by atoms with Crippen LogP contribution in [0.3, 0.4) is 0 Å². The number of nitrogens with zero attached hydrogens (tertiary/aromatic N) is 4. The molecule has 2 aromatic heterocycles. The molecule has 1 aliphatic rings. The van der Waals surface area contributed by atoms with Gasteiger partial charge in [0.15, 0.2) is 5.58 Å². The lowest BCUT2D eigenvalue weighted by Gasteiger charge is -2.36. The molecule has 0 bridgehead atoms. The van der Waals surface area contributed by atoms with E-state index in [0.29, 0.717) is 5.52 Å². The van der Waals surface area contributed by atoms with E-state index in [1.54, 1.807) is 26.4 Å². The number of anilines is 1. The summed E-state index contributed by atoms with van der Waals surface area (Å²) in [7, 11) is -0.488. The van der Waals surface area contributed by atoms with Gasteiger partial charge in [-0.1, -0.05) is 6.07 Å². The van der Waals surface area contributed by atoms with E-state index < -0.39 is 15.8 Å². The van der Waals surface area contributed by atoms with Crippen LogP contribution in [0.15, 0.2) is 56.7 Å². The second-order valence-corrected chi connectivity index (χ2v) is 8.98. The van der Waals surface area contributed by atoms with Crippen molar-refractivity contribution in [3.05, 3.63) is 53.1 Å². The van der Waals surface area contributed by atoms with Crippen LogP contribution in [0.2, 0.25) is 0 Å². The molecule has 9 heteroatoms. The van der Waals surface area contributed by atoms with Crippen LogP contribution in [0.25, 0.3) is 11.1 Å². The van der Waals surface area contributed by atoms with Crippen LogP contribution in [0.5, 0.6) is 0 Å². The minimum absolute atomic E-state index is 0.0940. The molecule has 28 heavy (non-hydrogen) atoms. The largest absolute Gasteiger partial charge is 0.419 e. The number of fused-ring (bicyclic) bond motifs is 1. The fraction of sp³-hybridized carbons (Fsp3) is 0.368. The van der Waals surface area contributed by atoms with E-state index in [1.165, 1.54) is 21.0 Å². The standard InChI is InChI=1S/C19H22N4O4S/c1-21-16-7-6-15(13-17(16)27-19(21)24)28(25,26)22(2)14-8-11-23(12-9-14)18-5-3-4-10-20-18/h3-7,10,13-14H,8-9,11-12H2,1-2H3. The van der Waals surface area contributed by atoms with Crippen molar-refractivity contribution >= 4 is 26.9 Å². The molecule has 1 aliphatic heterocycles. The number of benzene rings is 1. The third-order valence-electron chi connectivity index (χ3n) is 5.39. The van der Waals surface area contributed by atoms with Gasteiger partial charge in [-0.2, -0.15) is 4.31 Å². The molecule has 0 aliphatic carbocycles. The molecule has 0 spiro atoms. The molecule has 1 saturated heterocycles. The minimum Gasteiger partial charge on any atom is -0.408 e. The second kappa shape index (κ2) is 7.06. The lowest BCUT2D eigenvalue weighted by Crippen LogP contribution is -2.45. The lowest BCUT2D eigenvalue weighted by atomic mass is 10.1. The van der Waals surface area contributed by atoms with Gasteiger partial charge in [0.1, 0.15) is 5.82 Å². The van der Waals surface area contributed by atoms with Crippen LogP contribution in [0.1, 0.15) is 12.8 Å². The van der Waals surface area contributed by atoms with Gasteiger partial charge in [0.25, 0.3) is 0 Å². The molecule has 8 nitrogen and oxygen atoms in total. The van der Waals surface area contributed by atoms with Crippen molar-refractivity contribution in [2.75, 3.05) is 25.0 Å². The summed E-state index contributed by atoms with van der Waals surface area (Å²) in [6.07, 6.45) is 3.19. The molecule has 3 heterocycles. The van der Waals surface area contributed by atoms with Crippen LogP contribution >= 0.6 is 0 Å². The summed E-state index contributed by atoms with van der Waals surface area (Å²) in [5, 5.41) is 0. The van der Waals surface area contributed by atoms with Crippen molar-refractivity contribution in [1.29, 1.82) is 0 Å². The number of piperidine rings is 1. The van der Waals surface area contributed by atoms with E-state index in [0.717, 1.165) is 31.7 Å². The molecule has 1 fully saturated rings. The van der Waals surface area contributed by atoms with Crippen molar-refractivity contribution in [3.8, 4) is 0 Å². The molecule has 1 aromatic carbocycles. The van der Waals surface area contributed by atoms with Crippen molar-refractivity contribution in [1.82, 2.24) is 13.9 Å². The van der Waals surface area contributed by atoms with Crippen LogP contribution in [-0.2, 0) is 17.1 Å². The summed E-state index contributed by atoms with van der Waals surface area (Å²) in [5.74, 6) is 0.399. The predicted molar refractivity (Wildman–Crippen MR) is 106 cm³/mol. The fourth-order valence-electron chi connectivity index (χ4n) is 3.64. The van der Waals surface area contributed by atoms with E-state index in [4.69, 9.17) is 4.42 Å². The Morgan fingerprint density at radius 3 is 2.61 bits per heavy atom. The second-order valence-electron chi connectivity index (χ2n) is 6.98. The summed E-state index contributed by atoms with van der Waals surface area (Å²) in [6, 6.07) is 10.2. The number of rotatable bonds is 4. The fourth-order valence-corrected chi connectivity index (χ4v) is 5.07. The lowest BCUT2D eigenvalue weighted by molar-refractivity contribution is 0.311. The maximum absolute atomic E-state index is 13.1. The zero-order valence-corrected chi connectivity index (χ0v) is 16.6. The molecule has 0 atom stereocenters. The van der Waals surface area contributed by atoms with Crippen molar-refractivity contribution in [2.45, 2.75) is 23.8 Å². The first-order valence-corrected chi connectivity index (χ1v) is 10.6. The van der Waals surface area contributed by atoms with Gasteiger partial charge < -0.3 is 9.32 Å². The van der Waals surface area contributed by atoms with Gasteiger partial charge in [-0.05, 0) is 37.1 Å². The summed E-state index contributed by atoms with van der Waals surface area (Å²) in [5.41, 5.74) is 0.835. The zero-order chi connectivity index (χ0) is 19.9. The van der Waals surface area contributed by atoms with Gasteiger partial charge >= 0.3 is 5.76 Å². The van der Waals surface area contributed by atoms with E-state index >= 15 is 0 Å². The molecule has 148 valence electrons. The van der Waals surface area contributed by atoms with Crippen LogP contribution < -0.4 is 10.7 Å². The Morgan fingerprint density at radius 2 is 1.93 bits per heavy atom. The number of aryl methyl sites for hydroxylation is 1. The van der Waals surface area contributed by atoms with Crippen molar-refractivity contribution in [3.63, 3.8) is 0 Å². The molecule has 0 N–H and O–H groups in total. The number of aromatic nitrogens is 2. The topological polar surface area (TPSA) is 88.7 Å². The molecule has 0 radical (unpaired) electrons. The maximum atomic E-state index is 13.1. The van der Waals surface area contributed by atoms with E-state index in [-0.39, 0.29) is 16.5 Å². The van der Waals surface area contributed by atoms with Gasteiger partial charge in [0.2, 0.25) is 10.0 Å². The van der Waals surface area contributed by atoms with Crippen molar-refractivity contribution < 1.29 is 12.8 Å². The van der Waals surface area contributed by atoms with E-state index in [1.807, 2.05) is 18.2 Å². The molecular weight excluding hydrogens is 380 g/mol. The number of sulfonamides is 1. The third kappa shape index (κ3) is 3.20. The van der Waals surface area contributed by atoms with Gasteiger partial charge in [-0.3, -0.25) is 4.57 Å². The number of pyridine rings is 1. The van der Waals surface area contributed by atoms with Crippen LogP contribution in [0, 0.1) is 0 Å². The highest BCUT2D eigenvalue weighted by atomic mass is 32.2. The van der Waals surface area contributed by atoms with Crippen LogP contribution in [0.4, 0.5) is 5.82 Å². The molecule has 0 unspecified atom stereocenters. The summed E-state index contributed by atoms with van der Waals surface area (Å²) in [6.45, 7) is 1.49. The molecule has 0 saturated carbocycles.